The van der Waals surface area contributed by atoms with Crippen LogP contribution >= 0.6 is 0 Å². The summed E-state index contributed by atoms with van der Waals surface area (Å²) in [4.78, 5) is 2.70. The zero-order valence-electron chi connectivity index (χ0n) is 14.2. The maximum atomic E-state index is 6.28. The molecular weight excluding hydrogens is 248 g/mol. The SMILES string of the molecule is CCCNCC1CCCN(C2CC(C)(C)OC2(C)C)C1. The van der Waals surface area contributed by atoms with Crippen molar-refractivity contribution < 1.29 is 4.74 Å². The standard InChI is InChI=1S/C17H34N2O/c1-6-9-18-12-14-8-7-10-19(13-14)15-11-16(2,3)20-17(15,4)5/h14-15,18H,6-13H2,1-5H3. The van der Waals surface area contributed by atoms with Crippen molar-refractivity contribution in [1.29, 1.82) is 0 Å². The second-order valence-electron chi connectivity index (χ2n) is 7.89. The first-order valence-corrected chi connectivity index (χ1v) is 8.49. The summed E-state index contributed by atoms with van der Waals surface area (Å²) >= 11 is 0. The number of rotatable bonds is 5. The fourth-order valence-electron chi connectivity index (χ4n) is 4.13. The largest absolute Gasteiger partial charge is 0.368 e. The number of hydrogen-bond donors (Lipinski definition) is 1. The zero-order valence-corrected chi connectivity index (χ0v) is 14.2. The second-order valence-corrected chi connectivity index (χ2v) is 7.89. The molecule has 0 spiro atoms. The van der Waals surface area contributed by atoms with Gasteiger partial charge < -0.3 is 10.1 Å². The maximum Gasteiger partial charge on any atom is 0.0789 e. The Labute approximate surface area is 125 Å². The van der Waals surface area contributed by atoms with Crippen LogP contribution in [0.2, 0.25) is 0 Å². The van der Waals surface area contributed by atoms with Crippen molar-refractivity contribution in [1.82, 2.24) is 10.2 Å². The Morgan fingerprint density at radius 2 is 2.00 bits per heavy atom. The lowest BCUT2D eigenvalue weighted by molar-refractivity contribution is -0.0833. The third-order valence-electron chi connectivity index (χ3n) is 4.88. The molecule has 2 rings (SSSR count). The van der Waals surface area contributed by atoms with Crippen LogP contribution in [0, 0.1) is 5.92 Å². The first-order chi connectivity index (χ1) is 9.34. The van der Waals surface area contributed by atoms with E-state index in [1.807, 2.05) is 0 Å². The molecule has 2 unspecified atom stereocenters. The van der Waals surface area contributed by atoms with Crippen LogP contribution in [0.5, 0.6) is 0 Å². The Kier molecular flexibility index (Phi) is 5.14. The Bertz CT molecular complexity index is 314. The summed E-state index contributed by atoms with van der Waals surface area (Å²) in [6, 6.07) is 0.575. The Morgan fingerprint density at radius 1 is 1.25 bits per heavy atom. The summed E-state index contributed by atoms with van der Waals surface area (Å²) in [5, 5.41) is 3.59. The van der Waals surface area contributed by atoms with E-state index in [1.54, 1.807) is 0 Å². The molecule has 3 nitrogen and oxygen atoms in total. The van der Waals surface area contributed by atoms with Crippen LogP contribution < -0.4 is 5.32 Å². The van der Waals surface area contributed by atoms with Crippen molar-refractivity contribution in [3.63, 3.8) is 0 Å². The molecule has 0 aromatic heterocycles. The fourth-order valence-corrected chi connectivity index (χ4v) is 4.13. The van der Waals surface area contributed by atoms with Gasteiger partial charge in [-0.25, -0.2) is 0 Å². The minimum atomic E-state index is -0.0117. The highest BCUT2D eigenvalue weighted by Gasteiger charge is 2.48. The predicted molar refractivity (Wildman–Crippen MR) is 85.1 cm³/mol. The van der Waals surface area contributed by atoms with E-state index in [0.29, 0.717) is 6.04 Å². The Balaban J connectivity index is 1.91. The third-order valence-corrected chi connectivity index (χ3v) is 4.88. The molecular formula is C17H34N2O. The van der Waals surface area contributed by atoms with Crippen molar-refractivity contribution in [2.45, 2.75) is 77.5 Å². The quantitative estimate of drug-likeness (QED) is 0.784. The number of likely N-dealkylation sites (tertiary alicyclic amines) is 1. The summed E-state index contributed by atoms with van der Waals surface area (Å²) in [5.41, 5.74) is 0.0177. The lowest BCUT2D eigenvalue weighted by atomic mass is 9.89. The summed E-state index contributed by atoms with van der Waals surface area (Å²) in [6.45, 7) is 16.1. The van der Waals surface area contributed by atoms with Crippen molar-refractivity contribution in [3.05, 3.63) is 0 Å². The molecule has 2 aliphatic rings. The molecule has 0 aliphatic carbocycles. The molecule has 20 heavy (non-hydrogen) atoms. The highest BCUT2D eigenvalue weighted by Crippen LogP contribution is 2.41. The third kappa shape index (κ3) is 3.96. The highest BCUT2D eigenvalue weighted by molar-refractivity contribution is 5.01. The van der Waals surface area contributed by atoms with Crippen LogP contribution in [0.15, 0.2) is 0 Å². The smallest absolute Gasteiger partial charge is 0.0789 e. The van der Waals surface area contributed by atoms with Gasteiger partial charge in [-0.15, -0.1) is 0 Å². The van der Waals surface area contributed by atoms with Gasteiger partial charge in [0.2, 0.25) is 0 Å². The van der Waals surface area contributed by atoms with E-state index in [-0.39, 0.29) is 11.2 Å². The monoisotopic (exact) mass is 282 g/mol. The van der Waals surface area contributed by atoms with Gasteiger partial charge in [0, 0.05) is 12.6 Å². The molecule has 2 aliphatic heterocycles. The van der Waals surface area contributed by atoms with E-state index >= 15 is 0 Å². The molecule has 2 heterocycles. The number of nitrogens with zero attached hydrogens (tertiary/aromatic N) is 1. The van der Waals surface area contributed by atoms with Crippen molar-refractivity contribution >= 4 is 0 Å². The molecule has 2 fully saturated rings. The zero-order chi connectivity index (χ0) is 14.8. The van der Waals surface area contributed by atoms with Gasteiger partial charge in [-0.05, 0) is 78.9 Å². The minimum Gasteiger partial charge on any atom is -0.368 e. The summed E-state index contributed by atoms with van der Waals surface area (Å²) < 4.78 is 6.28. The van der Waals surface area contributed by atoms with Gasteiger partial charge >= 0.3 is 0 Å². The summed E-state index contributed by atoms with van der Waals surface area (Å²) in [7, 11) is 0. The van der Waals surface area contributed by atoms with Gasteiger partial charge in [-0.3, -0.25) is 4.90 Å². The molecule has 2 atom stereocenters. The van der Waals surface area contributed by atoms with E-state index in [4.69, 9.17) is 4.74 Å². The van der Waals surface area contributed by atoms with Crippen LogP contribution in [0.3, 0.4) is 0 Å². The normalized spacial score (nSPS) is 33.5. The second kappa shape index (κ2) is 6.33. The van der Waals surface area contributed by atoms with Crippen LogP contribution in [-0.4, -0.2) is 48.3 Å². The van der Waals surface area contributed by atoms with E-state index in [9.17, 15) is 0 Å². The van der Waals surface area contributed by atoms with Gasteiger partial charge in [-0.1, -0.05) is 6.92 Å². The Hall–Kier alpha value is -0.120. The van der Waals surface area contributed by atoms with E-state index in [1.165, 1.54) is 38.9 Å². The van der Waals surface area contributed by atoms with Crippen molar-refractivity contribution in [2.75, 3.05) is 26.2 Å². The van der Waals surface area contributed by atoms with Gasteiger partial charge in [0.15, 0.2) is 0 Å². The van der Waals surface area contributed by atoms with Crippen molar-refractivity contribution in [2.24, 2.45) is 5.92 Å². The molecule has 0 aromatic rings. The van der Waals surface area contributed by atoms with Crippen LogP contribution in [0.4, 0.5) is 0 Å². The molecule has 118 valence electrons. The lowest BCUT2D eigenvalue weighted by Crippen LogP contribution is -2.51. The van der Waals surface area contributed by atoms with Crippen LogP contribution in [0.1, 0.15) is 60.3 Å². The fraction of sp³-hybridized carbons (Fsp3) is 1.00. The highest BCUT2D eigenvalue weighted by atomic mass is 16.5. The molecule has 0 amide bonds. The lowest BCUT2D eigenvalue weighted by Gasteiger charge is -2.41. The topological polar surface area (TPSA) is 24.5 Å². The average molecular weight is 282 g/mol. The molecule has 0 radical (unpaired) electrons. The van der Waals surface area contributed by atoms with Crippen LogP contribution in [0.25, 0.3) is 0 Å². The number of piperidine rings is 1. The number of hydrogen-bond acceptors (Lipinski definition) is 3. The van der Waals surface area contributed by atoms with E-state index in [2.05, 4.69) is 44.8 Å². The minimum absolute atomic E-state index is 0.0117. The number of ether oxygens (including phenoxy) is 1. The molecule has 0 bridgehead atoms. The molecule has 2 saturated heterocycles. The first kappa shape index (κ1) is 16.3. The first-order valence-electron chi connectivity index (χ1n) is 8.49. The molecule has 0 aromatic carbocycles. The van der Waals surface area contributed by atoms with Crippen LogP contribution in [-0.2, 0) is 4.74 Å². The van der Waals surface area contributed by atoms with Crippen molar-refractivity contribution in [3.8, 4) is 0 Å². The summed E-state index contributed by atoms with van der Waals surface area (Å²) in [6.07, 6.45) is 5.11. The molecule has 3 heteroatoms. The molecule has 1 N–H and O–H groups in total. The van der Waals surface area contributed by atoms with Gasteiger partial charge in [0.1, 0.15) is 0 Å². The maximum absolute atomic E-state index is 6.28. The van der Waals surface area contributed by atoms with Gasteiger partial charge in [0.25, 0.3) is 0 Å². The van der Waals surface area contributed by atoms with Gasteiger partial charge in [-0.2, -0.15) is 0 Å². The van der Waals surface area contributed by atoms with E-state index in [0.717, 1.165) is 18.9 Å². The predicted octanol–water partition coefficient (Wildman–Crippen LogP) is 3.04. The summed E-state index contributed by atoms with van der Waals surface area (Å²) in [5.74, 6) is 0.815. The molecule has 0 saturated carbocycles. The average Bonchev–Trinajstić information content (AvgIpc) is 2.58. The van der Waals surface area contributed by atoms with Gasteiger partial charge in [0.05, 0.1) is 11.2 Å². The Morgan fingerprint density at radius 3 is 2.60 bits per heavy atom. The number of nitrogens with one attached hydrogen (secondary N) is 1. The van der Waals surface area contributed by atoms with E-state index < -0.39 is 0 Å².